The quantitative estimate of drug-likeness (QED) is 0.441. The molecular weight excluding hydrogens is 469 g/mol. The van der Waals surface area contributed by atoms with Crippen LogP contribution in [-0.2, 0) is 9.53 Å². The van der Waals surface area contributed by atoms with Gasteiger partial charge < -0.3 is 25.6 Å². The fourth-order valence-electron chi connectivity index (χ4n) is 5.15. The number of benzene rings is 1. The number of hydrogen-bond acceptors (Lipinski definition) is 5. The summed E-state index contributed by atoms with van der Waals surface area (Å²) in [6.07, 6.45) is 1.65. The number of ether oxygens (including phenoxy) is 1. The summed E-state index contributed by atoms with van der Waals surface area (Å²) in [5.41, 5.74) is 8.07. The van der Waals surface area contributed by atoms with Crippen molar-refractivity contribution in [1.82, 2.24) is 15.1 Å². The number of nitrogens with zero attached hydrogens (tertiary/aromatic N) is 3. The van der Waals surface area contributed by atoms with Crippen LogP contribution in [0.25, 0.3) is 0 Å². The van der Waals surface area contributed by atoms with Gasteiger partial charge in [0.15, 0.2) is 0 Å². The Balaban J connectivity index is 1.45. The number of nitrogens with two attached hydrogens (primary N) is 1. The van der Waals surface area contributed by atoms with Crippen molar-refractivity contribution in [3.05, 3.63) is 58.9 Å². The molecule has 2 heterocycles. The minimum Gasteiger partial charge on any atom is -0.399 e. The maximum Gasteiger partial charge on any atom is 0.231 e. The van der Waals surface area contributed by atoms with Crippen molar-refractivity contribution in [2.24, 2.45) is 16.6 Å². The number of alkyl halides is 1. The molecule has 2 saturated heterocycles. The molecule has 0 saturated carbocycles. The second kappa shape index (κ2) is 11.5. The minimum absolute atomic E-state index is 0.0108. The molecular formula is C26H35ClFN5O2. The van der Waals surface area contributed by atoms with E-state index in [2.05, 4.69) is 21.8 Å². The van der Waals surface area contributed by atoms with Crippen LogP contribution in [0, 0.1) is 5.92 Å². The number of amides is 1. The van der Waals surface area contributed by atoms with Gasteiger partial charge in [0.25, 0.3) is 0 Å². The minimum atomic E-state index is -1.14. The first-order valence-corrected chi connectivity index (χ1v) is 12.7. The van der Waals surface area contributed by atoms with E-state index in [1.807, 2.05) is 36.1 Å². The Morgan fingerprint density at radius 1 is 1.31 bits per heavy atom. The van der Waals surface area contributed by atoms with Gasteiger partial charge in [0.1, 0.15) is 12.0 Å². The van der Waals surface area contributed by atoms with Gasteiger partial charge in [-0.2, -0.15) is 0 Å². The van der Waals surface area contributed by atoms with E-state index in [0.717, 1.165) is 24.2 Å². The van der Waals surface area contributed by atoms with Gasteiger partial charge in [-0.15, -0.1) is 0 Å². The van der Waals surface area contributed by atoms with Crippen molar-refractivity contribution in [2.75, 3.05) is 45.9 Å². The van der Waals surface area contributed by atoms with Crippen LogP contribution in [0.1, 0.15) is 31.2 Å². The lowest BCUT2D eigenvalue weighted by Gasteiger charge is -2.39. The number of rotatable bonds is 7. The summed E-state index contributed by atoms with van der Waals surface area (Å²) in [5, 5.41) is 4.15. The molecule has 2 fully saturated rings. The fraction of sp³-hybridized carbons (Fsp3) is 0.538. The van der Waals surface area contributed by atoms with Gasteiger partial charge in [0, 0.05) is 62.2 Å². The highest BCUT2D eigenvalue weighted by Crippen LogP contribution is 2.33. The van der Waals surface area contributed by atoms with Gasteiger partial charge in [-0.25, -0.2) is 9.38 Å². The van der Waals surface area contributed by atoms with Crippen molar-refractivity contribution in [3.8, 4) is 0 Å². The van der Waals surface area contributed by atoms with Crippen molar-refractivity contribution < 1.29 is 13.9 Å². The average Bonchev–Trinajstić information content (AvgIpc) is 3.46. The van der Waals surface area contributed by atoms with Crippen LogP contribution in [0.5, 0.6) is 0 Å². The molecule has 190 valence electrons. The molecule has 1 aromatic rings. The summed E-state index contributed by atoms with van der Waals surface area (Å²) in [7, 11) is 0. The van der Waals surface area contributed by atoms with E-state index < -0.39 is 6.17 Å². The maximum atomic E-state index is 14.3. The van der Waals surface area contributed by atoms with E-state index in [4.69, 9.17) is 22.1 Å². The molecule has 4 atom stereocenters. The molecule has 0 aromatic heterocycles. The van der Waals surface area contributed by atoms with Crippen LogP contribution in [0.4, 0.5) is 4.39 Å². The van der Waals surface area contributed by atoms with Crippen LogP contribution in [0.15, 0.2) is 53.3 Å². The van der Waals surface area contributed by atoms with E-state index in [1.54, 1.807) is 0 Å². The number of aliphatic imine (C=N–C) groups is 1. The van der Waals surface area contributed by atoms with Crippen LogP contribution >= 0.6 is 11.6 Å². The molecule has 2 unspecified atom stereocenters. The van der Waals surface area contributed by atoms with E-state index in [1.165, 1.54) is 6.20 Å². The Morgan fingerprint density at radius 3 is 2.57 bits per heavy atom. The number of allylic oxidation sites excluding steroid dienone is 1. The second-order valence-corrected chi connectivity index (χ2v) is 9.93. The zero-order valence-corrected chi connectivity index (χ0v) is 21.0. The third-order valence-electron chi connectivity index (χ3n) is 7.16. The molecule has 3 N–H and O–H groups in total. The summed E-state index contributed by atoms with van der Waals surface area (Å²) in [5.74, 6) is 0.427. The first-order valence-electron chi connectivity index (χ1n) is 12.3. The summed E-state index contributed by atoms with van der Waals surface area (Å²) < 4.78 is 19.7. The van der Waals surface area contributed by atoms with Gasteiger partial charge in [-0.3, -0.25) is 4.79 Å². The van der Waals surface area contributed by atoms with Gasteiger partial charge in [0.05, 0.1) is 18.2 Å². The second-order valence-electron chi connectivity index (χ2n) is 9.49. The maximum absolute atomic E-state index is 14.3. The van der Waals surface area contributed by atoms with E-state index in [9.17, 15) is 9.18 Å². The van der Waals surface area contributed by atoms with Crippen LogP contribution in [-0.4, -0.2) is 79.7 Å². The normalized spacial score (nSPS) is 26.4. The topological polar surface area (TPSA) is 83.2 Å². The van der Waals surface area contributed by atoms with E-state index in [0.29, 0.717) is 56.6 Å². The van der Waals surface area contributed by atoms with Crippen molar-refractivity contribution in [2.45, 2.75) is 37.9 Å². The number of carbonyl (C=O) groups excluding carboxylic acids is 1. The smallest absolute Gasteiger partial charge is 0.231 e. The first kappa shape index (κ1) is 25.7. The zero-order valence-electron chi connectivity index (χ0n) is 20.3. The highest BCUT2D eigenvalue weighted by molar-refractivity contribution is 6.30. The van der Waals surface area contributed by atoms with Crippen molar-refractivity contribution in [3.63, 3.8) is 0 Å². The number of amidine groups is 1. The third-order valence-corrected chi connectivity index (χ3v) is 7.41. The summed E-state index contributed by atoms with van der Waals surface area (Å²) in [6.45, 7) is 9.94. The Bertz CT molecular complexity index is 968. The number of hydrogen-bond donors (Lipinski definition) is 2. The van der Waals surface area contributed by atoms with Crippen molar-refractivity contribution >= 4 is 23.3 Å². The predicted octanol–water partition coefficient (Wildman–Crippen LogP) is 3.08. The largest absolute Gasteiger partial charge is 0.399 e. The van der Waals surface area contributed by atoms with Crippen molar-refractivity contribution in [1.29, 1.82) is 0 Å². The molecule has 0 radical (unpaired) electrons. The van der Waals surface area contributed by atoms with Gasteiger partial charge in [-0.05, 0) is 36.5 Å². The van der Waals surface area contributed by atoms with Gasteiger partial charge >= 0.3 is 0 Å². The van der Waals surface area contributed by atoms with E-state index >= 15 is 0 Å². The molecule has 1 aliphatic carbocycles. The van der Waals surface area contributed by atoms with Crippen LogP contribution in [0.2, 0.25) is 5.02 Å². The number of nitrogens with one attached hydrogen (secondary N) is 1. The molecule has 0 bridgehead atoms. The summed E-state index contributed by atoms with van der Waals surface area (Å²) >= 11 is 6.09. The molecule has 1 aromatic carbocycles. The Hall–Kier alpha value is -2.42. The molecule has 7 nitrogen and oxygen atoms in total. The standard InChI is InChI=1S/C26H35ClFN5O2/c1-3-30-25(23-17(2)14-22(28)24(23)29)32-9-11-33(12-10-32)26(34)21(15-31-20-8-13-35-16-20)18-4-6-19(27)7-5-18/h3-7,17,20-22,31H,1,8-16,29H2,2H3/b30-25+/t17-,20?,21?,22+/m1/s1. The molecule has 9 heteroatoms. The van der Waals surface area contributed by atoms with Crippen LogP contribution in [0.3, 0.4) is 0 Å². The fourth-order valence-corrected chi connectivity index (χ4v) is 5.27. The van der Waals surface area contributed by atoms with Gasteiger partial charge in [-0.1, -0.05) is 37.2 Å². The molecule has 0 spiro atoms. The Labute approximate surface area is 211 Å². The predicted molar refractivity (Wildman–Crippen MR) is 137 cm³/mol. The summed E-state index contributed by atoms with van der Waals surface area (Å²) in [6, 6.07) is 7.76. The molecule has 2 aliphatic heterocycles. The lowest BCUT2D eigenvalue weighted by Crippen LogP contribution is -2.53. The monoisotopic (exact) mass is 503 g/mol. The highest BCUT2D eigenvalue weighted by Gasteiger charge is 2.36. The average molecular weight is 504 g/mol. The molecule has 1 amide bonds. The lowest BCUT2D eigenvalue weighted by atomic mass is 9.96. The number of piperazine rings is 1. The van der Waals surface area contributed by atoms with Crippen LogP contribution < -0.4 is 11.1 Å². The zero-order chi connectivity index (χ0) is 24.9. The van der Waals surface area contributed by atoms with E-state index in [-0.39, 0.29) is 29.5 Å². The highest BCUT2D eigenvalue weighted by atomic mass is 35.5. The number of carbonyl (C=O) groups is 1. The molecule has 35 heavy (non-hydrogen) atoms. The molecule has 3 aliphatic rings. The lowest BCUT2D eigenvalue weighted by molar-refractivity contribution is -0.134. The first-order chi connectivity index (χ1) is 16.9. The van der Waals surface area contributed by atoms with Gasteiger partial charge in [0.2, 0.25) is 5.91 Å². The molecule has 4 rings (SSSR count). The third kappa shape index (κ3) is 5.88. The Morgan fingerprint density at radius 2 is 2.00 bits per heavy atom. The number of halogens is 2. The Kier molecular flexibility index (Phi) is 8.46. The summed E-state index contributed by atoms with van der Waals surface area (Å²) in [4.78, 5) is 22.1. The SMILES string of the molecule is C=C/N=C(\C1=C(N)[C@@H](F)C[C@H]1C)N1CCN(C(=O)C(CNC2CCOC2)c2ccc(Cl)cc2)CC1.